The molecule has 9 aromatic rings. The predicted molar refractivity (Wildman–Crippen MR) is 289 cm³/mol. The lowest BCUT2D eigenvalue weighted by molar-refractivity contribution is -0.642. The molecule has 5 nitrogen and oxygen atoms in total. The SMILES string of the molecule is CN1/C(=C/C=P(c2ccccc2)(c2ccccc2)c2ccccc2)Sc2ccccc21.CN1C(=CC=Cc2sc3ccccc3[n+]2C)Sc2ccccc21.C[n+]1c(C=O)sc2ccccc21. The van der Waals surface area contributed by atoms with Gasteiger partial charge in [-0.05, 0) is 77.1 Å². The molecule has 7 aromatic carbocycles. The number of hydrogen-bond acceptors (Lipinski definition) is 7. The van der Waals surface area contributed by atoms with E-state index in [0.29, 0.717) is 0 Å². The van der Waals surface area contributed by atoms with Crippen molar-refractivity contribution in [2.45, 2.75) is 9.79 Å². The Labute approximate surface area is 404 Å². The molecular formula is C56H49N4OPS4+2. The van der Waals surface area contributed by atoms with E-state index in [9.17, 15) is 4.79 Å². The van der Waals surface area contributed by atoms with Crippen LogP contribution in [0.15, 0.2) is 226 Å². The van der Waals surface area contributed by atoms with Gasteiger partial charge < -0.3 is 9.80 Å². The molecule has 0 N–H and O–H groups in total. The highest BCUT2D eigenvalue weighted by Crippen LogP contribution is 2.48. The maximum absolute atomic E-state index is 10.6. The Morgan fingerprint density at radius 3 is 1.32 bits per heavy atom. The zero-order chi connectivity index (χ0) is 45.5. The summed E-state index contributed by atoms with van der Waals surface area (Å²) < 4.78 is 6.63. The average molecular weight is 953 g/mol. The summed E-state index contributed by atoms with van der Waals surface area (Å²) in [4.78, 5) is 17.8. The molecule has 0 saturated carbocycles. The Bertz CT molecular complexity index is 3200. The Hall–Kier alpha value is -6.19. The van der Waals surface area contributed by atoms with Crippen molar-refractivity contribution in [3.8, 4) is 0 Å². The van der Waals surface area contributed by atoms with Crippen molar-refractivity contribution in [3.63, 3.8) is 0 Å². The Balaban J connectivity index is 0.000000137. The molecule has 0 atom stereocenters. The molecule has 2 aliphatic rings. The molecule has 10 heteroatoms. The van der Waals surface area contributed by atoms with Crippen LogP contribution in [0, 0.1) is 0 Å². The van der Waals surface area contributed by atoms with Crippen molar-refractivity contribution in [3.05, 3.63) is 226 Å². The van der Waals surface area contributed by atoms with Gasteiger partial charge in [-0.25, -0.2) is 0 Å². The van der Waals surface area contributed by atoms with Crippen LogP contribution >= 0.6 is 53.1 Å². The molecule has 2 aromatic heterocycles. The quantitative estimate of drug-likeness (QED) is 0.0903. The van der Waals surface area contributed by atoms with Crippen molar-refractivity contribution in [2.75, 3.05) is 23.9 Å². The predicted octanol–water partition coefficient (Wildman–Crippen LogP) is 12.2. The number of aldehydes is 1. The minimum Gasteiger partial charge on any atom is -0.338 e. The molecule has 2 aliphatic heterocycles. The van der Waals surface area contributed by atoms with Crippen molar-refractivity contribution < 1.29 is 13.9 Å². The summed E-state index contributed by atoms with van der Waals surface area (Å²) in [5.41, 5.74) is 4.95. The van der Waals surface area contributed by atoms with E-state index >= 15 is 0 Å². The van der Waals surface area contributed by atoms with E-state index in [1.54, 1.807) is 0 Å². The van der Waals surface area contributed by atoms with Gasteiger partial charge >= 0.3 is 5.01 Å². The van der Waals surface area contributed by atoms with E-state index in [-0.39, 0.29) is 0 Å². The zero-order valence-electron chi connectivity index (χ0n) is 37.1. The summed E-state index contributed by atoms with van der Waals surface area (Å²) in [7, 11) is 8.31. The highest BCUT2D eigenvalue weighted by Gasteiger charge is 2.26. The number of aryl methyl sites for hydroxylation is 2. The normalized spacial score (nSPS) is 14.2. The maximum atomic E-state index is 10.6. The molecule has 0 radical (unpaired) electrons. The highest BCUT2D eigenvalue weighted by molar-refractivity contribution is 8.04. The zero-order valence-corrected chi connectivity index (χ0v) is 41.3. The van der Waals surface area contributed by atoms with E-state index in [2.05, 4.69) is 229 Å². The van der Waals surface area contributed by atoms with Crippen molar-refractivity contribution >= 4 is 119 Å². The van der Waals surface area contributed by atoms with Gasteiger partial charge in [0.15, 0.2) is 0 Å². The van der Waals surface area contributed by atoms with Gasteiger partial charge in [0.25, 0.3) is 5.01 Å². The number of thioether (sulfide) groups is 2. The van der Waals surface area contributed by atoms with Crippen LogP contribution in [0.2, 0.25) is 0 Å². The number of anilines is 2. The third kappa shape index (κ3) is 9.28. The first kappa shape index (κ1) is 45.0. The maximum Gasteiger partial charge on any atom is 0.302 e. The molecule has 11 rings (SSSR count). The fraction of sp³-hybridized carbons (Fsp3) is 0.0714. The third-order valence-corrected chi connectivity index (χ3v) is 20.2. The molecule has 0 spiro atoms. The van der Waals surface area contributed by atoms with Gasteiger partial charge in [0.05, 0.1) is 21.4 Å². The molecule has 0 aliphatic carbocycles. The largest absolute Gasteiger partial charge is 0.338 e. The second-order valence-electron chi connectivity index (χ2n) is 15.6. The minimum atomic E-state index is -1.97. The Morgan fingerprint density at radius 1 is 0.470 bits per heavy atom. The summed E-state index contributed by atoms with van der Waals surface area (Å²) in [6, 6.07) is 66.6. The number of fused-ring (bicyclic) bond motifs is 4. The molecule has 0 saturated heterocycles. The number of carbonyl (C=O) groups is 1. The average Bonchev–Trinajstić information content (AvgIpc) is 4.09. The first-order valence-corrected chi connectivity index (χ1v) is 26.7. The van der Waals surface area contributed by atoms with E-state index in [1.807, 2.05) is 70.7 Å². The van der Waals surface area contributed by atoms with Crippen LogP contribution in [0.5, 0.6) is 0 Å². The monoisotopic (exact) mass is 952 g/mol. The number of aromatic nitrogens is 2. The van der Waals surface area contributed by atoms with Crippen LogP contribution in [0.3, 0.4) is 0 Å². The minimum absolute atomic E-state index is 0.760. The summed E-state index contributed by atoms with van der Waals surface area (Å²) in [5.74, 6) is 2.48. The lowest BCUT2D eigenvalue weighted by Crippen LogP contribution is -2.30. The summed E-state index contributed by atoms with van der Waals surface area (Å²) in [6.45, 7) is -1.97. The van der Waals surface area contributed by atoms with Crippen LogP contribution in [-0.4, -0.2) is 26.2 Å². The molecule has 0 bridgehead atoms. The van der Waals surface area contributed by atoms with Crippen LogP contribution in [0.4, 0.5) is 11.4 Å². The number of nitrogens with zero attached hydrogens (tertiary/aromatic N) is 4. The van der Waals surface area contributed by atoms with E-state index in [0.717, 1.165) is 21.5 Å². The third-order valence-electron chi connectivity index (χ3n) is 11.6. The smallest absolute Gasteiger partial charge is 0.302 e. The summed E-state index contributed by atoms with van der Waals surface area (Å²) >= 11 is 7.00. The Kier molecular flexibility index (Phi) is 14.0. The van der Waals surface area contributed by atoms with E-state index in [1.165, 1.54) is 73.7 Å². The molecule has 326 valence electrons. The van der Waals surface area contributed by atoms with Gasteiger partial charge in [-0.1, -0.05) is 192 Å². The van der Waals surface area contributed by atoms with Crippen LogP contribution in [-0.2, 0) is 14.1 Å². The van der Waals surface area contributed by atoms with Crippen LogP contribution in [0.1, 0.15) is 14.8 Å². The number of carbonyl (C=O) groups excluding carboxylic acids is 1. The number of benzene rings is 7. The fourth-order valence-electron chi connectivity index (χ4n) is 8.11. The van der Waals surface area contributed by atoms with Gasteiger partial charge in [0.1, 0.15) is 23.5 Å². The first-order valence-electron chi connectivity index (χ1n) is 21.6. The van der Waals surface area contributed by atoms with E-state index in [4.69, 9.17) is 0 Å². The summed E-state index contributed by atoms with van der Waals surface area (Å²) in [6.07, 6.45) is 9.76. The second-order valence-corrected chi connectivity index (χ2v) is 23.1. The summed E-state index contributed by atoms with van der Waals surface area (Å²) in [5, 5.41) is 8.63. The van der Waals surface area contributed by atoms with Crippen LogP contribution < -0.4 is 34.8 Å². The molecule has 0 fully saturated rings. The highest BCUT2D eigenvalue weighted by atomic mass is 32.2. The topological polar surface area (TPSA) is 31.3 Å². The number of rotatable bonds is 7. The molecule has 0 unspecified atom stereocenters. The first-order chi connectivity index (χ1) is 32.4. The standard InChI is InChI=1S/C28H24NPS.C19H17N2S2.C9H8NOS/c1-29-26-19-11-12-20-27(26)31-28(29)21-22-30(23-13-5-2-6-14-23,24-15-7-3-8-16-24)25-17-9-4-10-18-25;1-20-14-8-3-5-10-16(14)22-18(20)12-7-13-19-21(2)15-9-4-6-11-17(15)23-19;1-10-7-4-2-3-5-8(7)12-9(10)6-11/h2-22H,1H3;3-13H,1-2H3;2-6H,1H3/q;2*+1/b28-21-;;. The molecule has 4 heterocycles. The van der Waals surface area contributed by atoms with Gasteiger partial charge in [-0.3, -0.25) is 4.79 Å². The molecular weight excluding hydrogens is 904 g/mol. The Morgan fingerprint density at radius 2 is 0.864 bits per heavy atom. The van der Waals surface area contributed by atoms with Gasteiger partial charge in [-0.2, -0.15) is 9.13 Å². The van der Waals surface area contributed by atoms with Gasteiger partial charge in [-0.15, -0.1) is 0 Å². The van der Waals surface area contributed by atoms with Crippen molar-refractivity contribution in [1.82, 2.24) is 0 Å². The lowest BCUT2D eigenvalue weighted by atomic mass is 10.3. The van der Waals surface area contributed by atoms with Crippen molar-refractivity contribution in [2.24, 2.45) is 14.1 Å². The second kappa shape index (κ2) is 20.5. The molecule has 66 heavy (non-hydrogen) atoms. The fourth-order valence-corrected chi connectivity index (χ4v) is 16.1. The van der Waals surface area contributed by atoms with Crippen LogP contribution in [0.25, 0.3) is 26.5 Å². The number of thiazole rings is 2. The van der Waals surface area contributed by atoms with Gasteiger partial charge in [0, 0.05) is 42.1 Å². The van der Waals surface area contributed by atoms with Gasteiger partial charge in [0.2, 0.25) is 17.3 Å². The molecule has 0 amide bonds. The lowest BCUT2D eigenvalue weighted by Gasteiger charge is -2.28. The van der Waals surface area contributed by atoms with E-state index < -0.39 is 6.89 Å². The number of allylic oxidation sites excluding steroid dienone is 3. The number of para-hydroxylation sites is 4. The number of hydrogen-bond donors (Lipinski definition) is 0. The van der Waals surface area contributed by atoms with Crippen molar-refractivity contribution in [1.29, 1.82) is 0 Å².